The van der Waals surface area contributed by atoms with Gasteiger partial charge < -0.3 is 16.0 Å². The van der Waals surface area contributed by atoms with E-state index < -0.39 is 6.04 Å². The predicted molar refractivity (Wildman–Crippen MR) is 77.9 cm³/mol. The van der Waals surface area contributed by atoms with Crippen LogP contribution in [-0.4, -0.2) is 42.4 Å². The van der Waals surface area contributed by atoms with Gasteiger partial charge in [-0.2, -0.15) is 0 Å². The van der Waals surface area contributed by atoms with Gasteiger partial charge in [-0.05, 0) is 38.1 Å². The van der Waals surface area contributed by atoms with E-state index in [1.807, 2.05) is 4.90 Å². The summed E-state index contributed by atoms with van der Waals surface area (Å²) in [5, 5.41) is 2.88. The van der Waals surface area contributed by atoms with E-state index in [0.717, 1.165) is 38.6 Å². The van der Waals surface area contributed by atoms with Gasteiger partial charge in [0.1, 0.15) is 6.04 Å². The Balaban J connectivity index is 1.84. The maximum absolute atomic E-state index is 12.4. The van der Waals surface area contributed by atoms with E-state index in [2.05, 4.69) is 12.2 Å². The lowest BCUT2D eigenvalue weighted by Gasteiger charge is -2.25. The van der Waals surface area contributed by atoms with Crippen molar-refractivity contribution in [1.82, 2.24) is 10.2 Å². The Bertz CT molecular complexity index is 379. The van der Waals surface area contributed by atoms with Crippen molar-refractivity contribution in [3.8, 4) is 0 Å². The molecule has 1 saturated heterocycles. The molecule has 2 fully saturated rings. The Morgan fingerprint density at radius 2 is 2.05 bits per heavy atom. The largest absolute Gasteiger partial charge is 0.344 e. The highest BCUT2D eigenvalue weighted by Gasteiger charge is 2.36. The summed E-state index contributed by atoms with van der Waals surface area (Å²) in [4.78, 5) is 26.3. The second-order valence-electron chi connectivity index (χ2n) is 6.74. The number of carbonyl (C=O) groups excluding carboxylic acids is 2. The molecule has 0 aromatic carbocycles. The monoisotopic (exact) mass is 281 g/mol. The number of nitrogens with zero attached hydrogens (tertiary/aromatic N) is 1. The highest BCUT2D eigenvalue weighted by molar-refractivity contribution is 5.88. The minimum atomic E-state index is -0.428. The van der Waals surface area contributed by atoms with Crippen molar-refractivity contribution in [2.75, 3.05) is 19.6 Å². The van der Waals surface area contributed by atoms with Crippen molar-refractivity contribution in [3.05, 3.63) is 0 Å². The van der Waals surface area contributed by atoms with Gasteiger partial charge in [-0.25, -0.2) is 0 Å². The van der Waals surface area contributed by atoms with Crippen LogP contribution in [-0.2, 0) is 9.59 Å². The third kappa shape index (κ3) is 3.32. The Morgan fingerprint density at radius 1 is 1.40 bits per heavy atom. The number of rotatable bonds is 4. The smallest absolute Gasteiger partial charge is 0.244 e. The van der Waals surface area contributed by atoms with Gasteiger partial charge in [0.2, 0.25) is 11.8 Å². The molecule has 20 heavy (non-hydrogen) atoms. The van der Waals surface area contributed by atoms with Gasteiger partial charge in [-0.1, -0.05) is 19.8 Å². The SMILES string of the molecule is CC(NC(=O)C1CCCC1)C(=O)N1CCC(C)(CN)C1. The average molecular weight is 281 g/mol. The molecule has 2 aliphatic rings. The van der Waals surface area contributed by atoms with E-state index >= 15 is 0 Å². The molecule has 2 amide bonds. The number of carbonyl (C=O) groups is 2. The first-order chi connectivity index (χ1) is 9.45. The highest BCUT2D eigenvalue weighted by Crippen LogP contribution is 2.29. The molecular formula is C15H27N3O2. The van der Waals surface area contributed by atoms with Crippen molar-refractivity contribution in [1.29, 1.82) is 0 Å². The molecule has 0 aromatic heterocycles. The summed E-state index contributed by atoms with van der Waals surface area (Å²) in [6, 6.07) is -0.428. The molecule has 0 bridgehead atoms. The summed E-state index contributed by atoms with van der Waals surface area (Å²) < 4.78 is 0. The summed E-state index contributed by atoms with van der Waals surface area (Å²) >= 11 is 0. The molecule has 0 spiro atoms. The lowest BCUT2D eigenvalue weighted by atomic mass is 9.90. The lowest BCUT2D eigenvalue weighted by Crippen LogP contribution is -2.48. The fraction of sp³-hybridized carbons (Fsp3) is 0.867. The number of nitrogens with one attached hydrogen (secondary N) is 1. The van der Waals surface area contributed by atoms with Crippen LogP contribution in [0, 0.1) is 11.3 Å². The molecule has 114 valence electrons. The topological polar surface area (TPSA) is 75.4 Å². The zero-order chi connectivity index (χ0) is 14.8. The molecule has 0 radical (unpaired) electrons. The third-order valence-electron chi connectivity index (χ3n) is 4.82. The number of amides is 2. The van der Waals surface area contributed by atoms with Crippen LogP contribution in [0.3, 0.4) is 0 Å². The van der Waals surface area contributed by atoms with Crippen LogP contribution < -0.4 is 11.1 Å². The minimum Gasteiger partial charge on any atom is -0.344 e. The Hall–Kier alpha value is -1.10. The van der Waals surface area contributed by atoms with Gasteiger partial charge >= 0.3 is 0 Å². The Kier molecular flexibility index (Phi) is 4.68. The van der Waals surface area contributed by atoms with E-state index in [1.54, 1.807) is 6.92 Å². The van der Waals surface area contributed by atoms with E-state index in [0.29, 0.717) is 13.1 Å². The standard InChI is InChI=1S/C15H27N3O2/c1-11(17-13(19)12-5-3-4-6-12)14(20)18-8-7-15(2,9-16)10-18/h11-12H,3-10,16H2,1-2H3,(H,17,19). The molecular weight excluding hydrogens is 254 g/mol. The highest BCUT2D eigenvalue weighted by atomic mass is 16.2. The maximum atomic E-state index is 12.4. The lowest BCUT2D eigenvalue weighted by molar-refractivity contribution is -0.136. The van der Waals surface area contributed by atoms with Gasteiger partial charge in [-0.3, -0.25) is 9.59 Å². The van der Waals surface area contributed by atoms with Crippen LogP contribution in [0.25, 0.3) is 0 Å². The first-order valence-electron chi connectivity index (χ1n) is 7.74. The minimum absolute atomic E-state index is 0.0218. The second kappa shape index (κ2) is 6.12. The van der Waals surface area contributed by atoms with Crippen molar-refractivity contribution in [2.45, 2.75) is 52.0 Å². The van der Waals surface area contributed by atoms with E-state index in [-0.39, 0.29) is 23.1 Å². The van der Waals surface area contributed by atoms with Crippen molar-refractivity contribution in [3.63, 3.8) is 0 Å². The van der Waals surface area contributed by atoms with Crippen molar-refractivity contribution >= 4 is 11.8 Å². The van der Waals surface area contributed by atoms with Crippen LogP contribution in [0.5, 0.6) is 0 Å². The van der Waals surface area contributed by atoms with Crippen LogP contribution >= 0.6 is 0 Å². The van der Waals surface area contributed by atoms with Crippen molar-refractivity contribution < 1.29 is 9.59 Å². The number of nitrogens with two attached hydrogens (primary N) is 1. The summed E-state index contributed by atoms with van der Waals surface area (Å²) in [7, 11) is 0. The molecule has 5 heteroatoms. The number of hydrogen-bond acceptors (Lipinski definition) is 3. The zero-order valence-corrected chi connectivity index (χ0v) is 12.7. The van der Waals surface area contributed by atoms with Crippen molar-refractivity contribution in [2.24, 2.45) is 17.1 Å². The molecule has 5 nitrogen and oxygen atoms in total. The summed E-state index contributed by atoms with van der Waals surface area (Å²) in [6.45, 7) is 5.94. The first kappa shape index (κ1) is 15.3. The molecule has 3 N–H and O–H groups in total. The van der Waals surface area contributed by atoms with Gasteiger partial charge in [0.25, 0.3) is 0 Å². The number of hydrogen-bond donors (Lipinski definition) is 2. The maximum Gasteiger partial charge on any atom is 0.244 e. The van der Waals surface area contributed by atoms with E-state index in [1.165, 1.54) is 0 Å². The van der Waals surface area contributed by atoms with E-state index in [9.17, 15) is 9.59 Å². The molecule has 1 saturated carbocycles. The molecule has 1 heterocycles. The van der Waals surface area contributed by atoms with Gasteiger partial charge in [-0.15, -0.1) is 0 Å². The van der Waals surface area contributed by atoms with Crippen LogP contribution in [0.15, 0.2) is 0 Å². The molecule has 1 aliphatic heterocycles. The molecule has 1 aliphatic carbocycles. The Morgan fingerprint density at radius 3 is 2.60 bits per heavy atom. The summed E-state index contributed by atoms with van der Waals surface area (Å²) in [6.07, 6.45) is 5.12. The molecule has 2 rings (SSSR count). The van der Waals surface area contributed by atoms with Gasteiger partial charge in [0.15, 0.2) is 0 Å². The van der Waals surface area contributed by atoms with Gasteiger partial charge in [0.05, 0.1) is 0 Å². The van der Waals surface area contributed by atoms with E-state index in [4.69, 9.17) is 5.73 Å². The van der Waals surface area contributed by atoms with Crippen LogP contribution in [0.2, 0.25) is 0 Å². The Labute approximate surface area is 121 Å². The summed E-state index contributed by atoms with van der Waals surface area (Å²) in [5.74, 6) is 0.177. The van der Waals surface area contributed by atoms with Crippen LogP contribution in [0.1, 0.15) is 46.0 Å². The second-order valence-corrected chi connectivity index (χ2v) is 6.74. The number of likely N-dealkylation sites (tertiary alicyclic amines) is 1. The molecule has 2 unspecified atom stereocenters. The third-order valence-corrected chi connectivity index (χ3v) is 4.82. The van der Waals surface area contributed by atoms with Gasteiger partial charge in [0, 0.05) is 19.0 Å². The molecule has 2 atom stereocenters. The van der Waals surface area contributed by atoms with Crippen LogP contribution in [0.4, 0.5) is 0 Å². The fourth-order valence-corrected chi connectivity index (χ4v) is 3.23. The molecule has 0 aromatic rings. The normalized spacial score (nSPS) is 28.6. The zero-order valence-electron chi connectivity index (χ0n) is 12.7. The first-order valence-corrected chi connectivity index (χ1v) is 7.74. The quantitative estimate of drug-likeness (QED) is 0.803. The summed E-state index contributed by atoms with van der Waals surface area (Å²) in [5.41, 5.74) is 5.79. The fourth-order valence-electron chi connectivity index (χ4n) is 3.23. The average Bonchev–Trinajstić information content (AvgIpc) is 3.07. The predicted octanol–water partition coefficient (Wildman–Crippen LogP) is 0.879.